The molecule has 0 saturated carbocycles. The van der Waals surface area contributed by atoms with Gasteiger partial charge in [0.25, 0.3) is 0 Å². The molecule has 19 heavy (non-hydrogen) atoms. The Morgan fingerprint density at radius 2 is 1.89 bits per heavy atom. The molecule has 2 rings (SSSR count). The van der Waals surface area contributed by atoms with Crippen LogP contribution in [0.25, 0.3) is 0 Å². The zero-order chi connectivity index (χ0) is 13.9. The van der Waals surface area contributed by atoms with Gasteiger partial charge in [-0.05, 0) is 43.1 Å². The van der Waals surface area contributed by atoms with Gasteiger partial charge >= 0.3 is 0 Å². The summed E-state index contributed by atoms with van der Waals surface area (Å²) in [5.41, 5.74) is 1.53. The van der Waals surface area contributed by atoms with E-state index in [4.69, 9.17) is 9.47 Å². The zero-order valence-corrected chi connectivity index (χ0v) is 12.4. The number of ether oxygens (including phenoxy) is 2. The van der Waals surface area contributed by atoms with E-state index >= 15 is 0 Å². The lowest BCUT2D eigenvalue weighted by molar-refractivity contribution is -0.0995. The van der Waals surface area contributed by atoms with Crippen molar-refractivity contribution in [2.24, 2.45) is 11.8 Å². The van der Waals surface area contributed by atoms with Crippen molar-refractivity contribution in [3.63, 3.8) is 0 Å². The largest absolute Gasteiger partial charge is 0.497 e. The van der Waals surface area contributed by atoms with Gasteiger partial charge in [0.05, 0.1) is 20.3 Å². The summed E-state index contributed by atoms with van der Waals surface area (Å²) in [6.07, 6.45) is 0. The average Bonchev–Trinajstić information content (AvgIpc) is 2.37. The predicted molar refractivity (Wildman–Crippen MR) is 77.7 cm³/mol. The lowest BCUT2D eigenvalue weighted by atomic mass is 9.64. The lowest BCUT2D eigenvalue weighted by Gasteiger charge is -2.49. The van der Waals surface area contributed by atoms with Crippen LogP contribution in [0.5, 0.6) is 5.75 Å². The van der Waals surface area contributed by atoms with Gasteiger partial charge in [0.2, 0.25) is 0 Å². The Balaban J connectivity index is 2.29. The third kappa shape index (κ3) is 2.63. The van der Waals surface area contributed by atoms with Gasteiger partial charge in [-0.2, -0.15) is 0 Å². The maximum Gasteiger partial charge on any atom is 0.118 e. The molecule has 1 atom stereocenters. The molecule has 1 aromatic carbocycles. The minimum atomic E-state index is 0.156. The van der Waals surface area contributed by atoms with Crippen LogP contribution in [0.2, 0.25) is 0 Å². The number of hydrogen-bond acceptors (Lipinski definition) is 3. The number of rotatable bonds is 6. The Morgan fingerprint density at radius 3 is 2.26 bits per heavy atom. The van der Waals surface area contributed by atoms with Gasteiger partial charge in [-0.15, -0.1) is 0 Å². The Kier molecular flexibility index (Phi) is 4.48. The molecular formula is C16H25NO2. The summed E-state index contributed by atoms with van der Waals surface area (Å²) in [7, 11) is 3.73. The minimum absolute atomic E-state index is 0.156. The second-order valence-electron chi connectivity index (χ2n) is 5.79. The van der Waals surface area contributed by atoms with Crippen molar-refractivity contribution in [1.82, 2.24) is 5.32 Å². The first-order valence-corrected chi connectivity index (χ1v) is 7.01. The molecule has 0 spiro atoms. The second-order valence-corrected chi connectivity index (χ2v) is 5.79. The van der Waals surface area contributed by atoms with Crippen LogP contribution in [0.1, 0.15) is 19.4 Å². The van der Waals surface area contributed by atoms with E-state index in [2.05, 4.69) is 31.3 Å². The van der Waals surface area contributed by atoms with Gasteiger partial charge in [0, 0.05) is 5.41 Å². The van der Waals surface area contributed by atoms with Crippen molar-refractivity contribution in [3.8, 4) is 5.75 Å². The molecule has 0 bridgehead atoms. The summed E-state index contributed by atoms with van der Waals surface area (Å²) < 4.78 is 10.8. The van der Waals surface area contributed by atoms with Crippen LogP contribution >= 0.6 is 0 Å². The van der Waals surface area contributed by atoms with Gasteiger partial charge in [0.15, 0.2) is 0 Å². The molecule has 1 fully saturated rings. The monoisotopic (exact) mass is 263 g/mol. The summed E-state index contributed by atoms with van der Waals surface area (Å²) >= 11 is 0. The quantitative estimate of drug-likeness (QED) is 0.855. The van der Waals surface area contributed by atoms with E-state index in [9.17, 15) is 0 Å². The van der Waals surface area contributed by atoms with E-state index in [1.807, 2.05) is 19.2 Å². The smallest absolute Gasteiger partial charge is 0.118 e. The van der Waals surface area contributed by atoms with Crippen molar-refractivity contribution in [3.05, 3.63) is 29.8 Å². The van der Waals surface area contributed by atoms with Crippen molar-refractivity contribution in [1.29, 1.82) is 0 Å². The third-order valence-corrected chi connectivity index (χ3v) is 4.32. The first kappa shape index (κ1) is 14.4. The van der Waals surface area contributed by atoms with Crippen molar-refractivity contribution < 1.29 is 9.47 Å². The molecule has 0 radical (unpaired) electrons. The summed E-state index contributed by atoms with van der Waals surface area (Å²) in [5, 5.41) is 3.34. The standard InChI is InChI=1S/C16H25NO2/c1-12(2)15(9-17-3)16(10-19-11-16)13-5-7-14(18-4)8-6-13/h5-8,12,15,17H,9-11H2,1-4H3. The summed E-state index contributed by atoms with van der Waals surface area (Å²) in [6, 6.07) is 8.47. The fraction of sp³-hybridized carbons (Fsp3) is 0.625. The maximum absolute atomic E-state index is 5.57. The van der Waals surface area contributed by atoms with Gasteiger partial charge < -0.3 is 14.8 Å². The highest BCUT2D eigenvalue weighted by Gasteiger charge is 2.47. The maximum atomic E-state index is 5.57. The molecule has 0 amide bonds. The van der Waals surface area contributed by atoms with Gasteiger partial charge in [-0.25, -0.2) is 0 Å². The molecule has 3 nitrogen and oxygen atoms in total. The fourth-order valence-corrected chi connectivity index (χ4v) is 3.13. The highest BCUT2D eigenvalue weighted by atomic mass is 16.5. The van der Waals surface area contributed by atoms with E-state index in [0.29, 0.717) is 11.8 Å². The SMILES string of the molecule is CNCC(C(C)C)C1(c2ccc(OC)cc2)COC1. The first-order chi connectivity index (χ1) is 9.14. The number of benzene rings is 1. The Morgan fingerprint density at radius 1 is 1.26 bits per heavy atom. The molecule has 1 aromatic rings. The van der Waals surface area contributed by atoms with E-state index in [0.717, 1.165) is 25.5 Å². The third-order valence-electron chi connectivity index (χ3n) is 4.32. The van der Waals surface area contributed by atoms with Gasteiger partial charge in [-0.1, -0.05) is 26.0 Å². The van der Waals surface area contributed by atoms with E-state index in [1.165, 1.54) is 5.56 Å². The molecule has 1 aliphatic rings. The average molecular weight is 263 g/mol. The molecule has 0 aliphatic carbocycles. The zero-order valence-electron chi connectivity index (χ0n) is 12.4. The number of nitrogens with one attached hydrogen (secondary N) is 1. The summed E-state index contributed by atoms with van der Waals surface area (Å²) in [6.45, 7) is 7.26. The summed E-state index contributed by atoms with van der Waals surface area (Å²) in [4.78, 5) is 0. The van der Waals surface area contributed by atoms with Crippen molar-refractivity contribution in [2.45, 2.75) is 19.3 Å². The highest BCUT2D eigenvalue weighted by Crippen LogP contribution is 2.43. The van der Waals surface area contributed by atoms with Crippen LogP contribution in [0, 0.1) is 11.8 Å². The van der Waals surface area contributed by atoms with Gasteiger partial charge in [0.1, 0.15) is 5.75 Å². The van der Waals surface area contributed by atoms with Crippen LogP contribution in [0.15, 0.2) is 24.3 Å². The number of methoxy groups -OCH3 is 1. The molecule has 1 unspecified atom stereocenters. The van der Waals surface area contributed by atoms with Crippen molar-refractivity contribution >= 4 is 0 Å². The highest BCUT2D eigenvalue weighted by molar-refractivity contribution is 5.35. The fourth-order valence-electron chi connectivity index (χ4n) is 3.13. The summed E-state index contributed by atoms with van der Waals surface area (Å²) in [5.74, 6) is 2.12. The van der Waals surface area contributed by atoms with Crippen LogP contribution in [0.3, 0.4) is 0 Å². The van der Waals surface area contributed by atoms with Crippen LogP contribution < -0.4 is 10.1 Å². The normalized spacial score (nSPS) is 19.0. The van der Waals surface area contributed by atoms with Crippen molar-refractivity contribution in [2.75, 3.05) is 33.9 Å². The number of hydrogen-bond donors (Lipinski definition) is 1. The molecular weight excluding hydrogens is 238 g/mol. The Labute approximate surface area is 116 Å². The van der Waals surface area contributed by atoms with E-state index in [-0.39, 0.29) is 5.41 Å². The second kappa shape index (κ2) is 5.93. The van der Waals surface area contributed by atoms with Crippen LogP contribution in [-0.4, -0.2) is 33.9 Å². The minimum Gasteiger partial charge on any atom is -0.497 e. The Bertz CT molecular complexity index is 396. The van der Waals surface area contributed by atoms with Crippen LogP contribution in [-0.2, 0) is 10.2 Å². The van der Waals surface area contributed by atoms with E-state index in [1.54, 1.807) is 7.11 Å². The molecule has 106 valence electrons. The van der Waals surface area contributed by atoms with Crippen LogP contribution in [0.4, 0.5) is 0 Å². The molecule has 1 aliphatic heterocycles. The molecule has 1 heterocycles. The topological polar surface area (TPSA) is 30.5 Å². The predicted octanol–water partition coefficient (Wildman–Crippen LogP) is 2.45. The molecule has 3 heteroatoms. The first-order valence-electron chi connectivity index (χ1n) is 7.01. The molecule has 0 aromatic heterocycles. The molecule has 1 saturated heterocycles. The lowest BCUT2D eigenvalue weighted by Crippen LogP contribution is -2.56. The van der Waals surface area contributed by atoms with Gasteiger partial charge in [-0.3, -0.25) is 0 Å². The van der Waals surface area contributed by atoms with E-state index < -0.39 is 0 Å². The Hall–Kier alpha value is -1.06. The molecule has 1 N–H and O–H groups in total.